The predicted octanol–water partition coefficient (Wildman–Crippen LogP) is 2.95. The number of ether oxygens (including phenoxy) is 4. The third-order valence-corrected chi connectivity index (χ3v) is 6.61. The molecule has 0 unspecified atom stereocenters. The van der Waals surface area contributed by atoms with Crippen molar-refractivity contribution in [2.75, 3.05) is 7.11 Å². The van der Waals surface area contributed by atoms with Gasteiger partial charge in [-0.2, -0.15) is 0 Å². The minimum absolute atomic E-state index is 0.238. The molecule has 33 heavy (non-hydrogen) atoms. The molecule has 2 amide bonds. The van der Waals surface area contributed by atoms with Gasteiger partial charge in [0, 0.05) is 7.11 Å². The monoisotopic (exact) mass is 449 g/mol. The first-order valence-electron chi connectivity index (χ1n) is 11.2. The van der Waals surface area contributed by atoms with Crippen LogP contribution in [0.15, 0.2) is 72.5 Å². The summed E-state index contributed by atoms with van der Waals surface area (Å²) in [6, 6.07) is 19.6. The van der Waals surface area contributed by atoms with Gasteiger partial charge in [-0.15, -0.1) is 0 Å². The molecule has 2 fully saturated rings. The highest BCUT2D eigenvalue weighted by molar-refractivity contribution is 6.05. The van der Waals surface area contributed by atoms with E-state index < -0.39 is 36.3 Å². The number of methoxy groups -OCH3 is 1. The molecule has 1 N–H and O–H groups in total. The van der Waals surface area contributed by atoms with E-state index >= 15 is 0 Å². The lowest BCUT2D eigenvalue weighted by molar-refractivity contribution is -0.260. The first-order chi connectivity index (χ1) is 16.2. The summed E-state index contributed by atoms with van der Waals surface area (Å²) in [5.74, 6) is -1.31. The second-order valence-electron chi connectivity index (χ2n) is 8.60. The van der Waals surface area contributed by atoms with Gasteiger partial charge in [0.25, 0.3) is 0 Å². The topological polar surface area (TPSA) is 83.1 Å². The second kappa shape index (κ2) is 9.47. The Morgan fingerprint density at radius 1 is 0.848 bits per heavy atom. The predicted molar refractivity (Wildman–Crippen MR) is 118 cm³/mol. The van der Waals surface area contributed by atoms with E-state index in [9.17, 15) is 9.59 Å². The zero-order valence-electron chi connectivity index (χ0n) is 18.4. The number of fused-ring (bicyclic) bond motifs is 3. The van der Waals surface area contributed by atoms with Gasteiger partial charge in [0.15, 0.2) is 0 Å². The van der Waals surface area contributed by atoms with E-state index in [1.54, 1.807) is 7.11 Å². The summed E-state index contributed by atoms with van der Waals surface area (Å²) in [5, 5.41) is 2.49. The van der Waals surface area contributed by atoms with Gasteiger partial charge in [0.05, 0.1) is 31.0 Å². The van der Waals surface area contributed by atoms with Crippen LogP contribution in [-0.4, -0.2) is 37.4 Å². The smallest absolute Gasteiger partial charge is 0.231 e. The van der Waals surface area contributed by atoms with Crippen LogP contribution in [0.1, 0.15) is 17.5 Å². The lowest BCUT2D eigenvalue weighted by Crippen LogP contribution is -2.56. The Morgan fingerprint density at radius 2 is 1.45 bits per heavy atom. The molecule has 2 aliphatic heterocycles. The maximum absolute atomic E-state index is 12.8. The summed E-state index contributed by atoms with van der Waals surface area (Å²) in [6.45, 7) is 0.675. The minimum atomic E-state index is -0.700. The van der Waals surface area contributed by atoms with Crippen LogP contribution in [0.5, 0.6) is 0 Å². The summed E-state index contributed by atoms with van der Waals surface area (Å²) in [6.07, 6.45) is 0.508. The maximum Gasteiger partial charge on any atom is 0.231 e. The van der Waals surface area contributed by atoms with E-state index in [0.717, 1.165) is 11.1 Å². The van der Waals surface area contributed by atoms with Crippen molar-refractivity contribution in [1.82, 2.24) is 5.32 Å². The van der Waals surface area contributed by atoms with Crippen molar-refractivity contribution in [3.8, 4) is 0 Å². The van der Waals surface area contributed by atoms with Crippen LogP contribution in [0.4, 0.5) is 0 Å². The van der Waals surface area contributed by atoms with Crippen LogP contribution in [0.2, 0.25) is 0 Å². The average molecular weight is 450 g/mol. The fourth-order valence-electron chi connectivity index (χ4n) is 5.01. The van der Waals surface area contributed by atoms with Crippen molar-refractivity contribution in [1.29, 1.82) is 0 Å². The summed E-state index contributed by atoms with van der Waals surface area (Å²) in [4.78, 5) is 25.2. The van der Waals surface area contributed by atoms with Crippen LogP contribution >= 0.6 is 0 Å². The summed E-state index contributed by atoms with van der Waals surface area (Å²) < 4.78 is 24.6. The van der Waals surface area contributed by atoms with E-state index in [1.807, 2.05) is 66.7 Å². The van der Waals surface area contributed by atoms with Crippen molar-refractivity contribution >= 4 is 11.8 Å². The van der Waals surface area contributed by atoms with Crippen LogP contribution in [0.3, 0.4) is 0 Å². The molecule has 1 aliphatic carbocycles. The molecule has 6 atom stereocenters. The third kappa shape index (κ3) is 4.31. The number of imide groups is 1. The molecule has 0 bridgehead atoms. The lowest BCUT2D eigenvalue weighted by Gasteiger charge is -2.46. The van der Waals surface area contributed by atoms with Crippen LogP contribution in [0, 0.1) is 17.8 Å². The Morgan fingerprint density at radius 3 is 2.06 bits per heavy atom. The second-order valence-corrected chi connectivity index (χ2v) is 8.60. The molecule has 2 aromatic rings. The number of allylic oxidation sites excluding steroid dienone is 1. The summed E-state index contributed by atoms with van der Waals surface area (Å²) in [7, 11) is 1.57. The van der Waals surface area contributed by atoms with Gasteiger partial charge in [-0.1, -0.05) is 60.7 Å². The molecule has 7 nitrogen and oxygen atoms in total. The van der Waals surface area contributed by atoms with Crippen molar-refractivity contribution in [3.63, 3.8) is 0 Å². The highest BCUT2D eigenvalue weighted by atomic mass is 16.7. The molecule has 2 saturated heterocycles. The maximum atomic E-state index is 12.8. The van der Waals surface area contributed by atoms with Gasteiger partial charge in [-0.3, -0.25) is 14.9 Å². The molecular weight excluding hydrogens is 422 g/mol. The van der Waals surface area contributed by atoms with E-state index in [2.05, 4.69) is 5.32 Å². The number of nitrogens with one attached hydrogen (secondary N) is 1. The Balaban J connectivity index is 1.46. The number of hydrogen-bond donors (Lipinski definition) is 1. The average Bonchev–Trinajstić information content (AvgIpc) is 3.15. The zero-order valence-corrected chi connectivity index (χ0v) is 18.4. The van der Waals surface area contributed by atoms with Crippen molar-refractivity contribution < 1.29 is 28.5 Å². The number of rotatable bonds is 7. The number of carbonyl (C=O) groups is 2. The normalized spacial score (nSPS) is 30.6. The van der Waals surface area contributed by atoms with E-state index in [-0.39, 0.29) is 11.8 Å². The van der Waals surface area contributed by atoms with Crippen LogP contribution in [0.25, 0.3) is 0 Å². The molecule has 5 rings (SSSR count). The van der Waals surface area contributed by atoms with Gasteiger partial charge in [0.1, 0.15) is 18.0 Å². The van der Waals surface area contributed by atoms with Gasteiger partial charge in [-0.05, 0) is 23.6 Å². The standard InChI is InChI=1S/C26H27NO6/c1-30-26-23(32-15-17-10-6-3-7-11-17)22(31-14-16-8-4-2-5-9-16)21-19(33-26)13-12-18-20(21)25(29)27-24(18)28/h2-11,13,18,20-23,26H,12,14-15H2,1H3,(H,27,28,29)/t18-,20+,21+,22-,23+,26+/m1/s1. The third-order valence-electron chi connectivity index (χ3n) is 6.61. The van der Waals surface area contributed by atoms with Gasteiger partial charge in [-0.25, -0.2) is 0 Å². The summed E-state index contributed by atoms with van der Waals surface area (Å²) in [5.41, 5.74) is 2.01. The molecule has 0 aromatic heterocycles. The highest BCUT2D eigenvalue weighted by Crippen LogP contribution is 2.46. The molecule has 2 aromatic carbocycles. The first kappa shape index (κ1) is 21.8. The molecule has 0 spiro atoms. The fourth-order valence-corrected chi connectivity index (χ4v) is 5.01. The Bertz CT molecular complexity index is 1020. The van der Waals surface area contributed by atoms with E-state index in [0.29, 0.717) is 25.4 Å². The molecular formula is C26H27NO6. The fraction of sp³-hybridized carbons (Fsp3) is 0.385. The Labute approximate surface area is 192 Å². The van der Waals surface area contributed by atoms with Crippen molar-refractivity contribution in [3.05, 3.63) is 83.6 Å². The molecule has 172 valence electrons. The van der Waals surface area contributed by atoms with Crippen molar-refractivity contribution in [2.45, 2.75) is 38.1 Å². The summed E-state index contributed by atoms with van der Waals surface area (Å²) >= 11 is 0. The quantitative estimate of drug-likeness (QED) is 0.655. The van der Waals surface area contributed by atoms with E-state index in [4.69, 9.17) is 18.9 Å². The van der Waals surface area contributed by atoms with Gasteiger partial charge < -0.3 is 18.9 Å². The number of carbonyl (C=O) groups excluding carboxylic acids is 2. The lowest BCUT2D eigenvalue weighted by atomic mass is 9.71. The highest BCUT2D eigenvalue weighted by Gasteiger charge is 2.57. The largest absolute Gasteiger partial charge is 0.466 e. The number of amides is 2. The van der Waals surface area contributed by atoms with Gasteiger partial charge in [0.2, 0.25) is 18.1 Å². The number of hydrogen-bond acceptors (Lipinski definition) is 6. The molecule has 0 saturated carbocycles. The minimum Gasteiger partial charge on any atom is -0.466 e. The molecule has 0 radical (unpaired) electrons. The van der Waals surface area contributed by atoms with Crippen LogP contribution < -0.4 is 5.32 Å². The zero-order chi connectivity index (χ0) is 22.8. The molecule has 2 heterocycles. The molecule has 3 aliphatic rings. The Hall–Kier alpha value is -3.00. The van der Waals surface area contributed by atoms with Crippen LogP contribution in [-0.2, 0) is 41.8 Å². The number of benzene rings is 2. The van der Waals surface area contributed by atoms with Gasteiger partial charge >= 0.3 is 0 Å². The Kier molecular flexibility index (Phi) is 6.26. The SMILES string of the molecule is CO[C@H]1OC2=CC[C@H]3C(=O)NC(=O)[C@@H]3[C@H]2[C@@H](OCc2ccccc2)[C@@H]1OCc1ccccc1. The molecule has 7 heteroatoms. The van der Waals surface area contributed by atoms with E-state index in [1.165, 1.54) is 0 Å². The first-order valence-corrected chi connectivity index (χ1v) is 11.2. The van der Waals surface area contributed by atoms with Crippen molar-refractivity contribution in [2.24, 2.45) is 17.8 Å².